The number of esters is 1. The van der Waals surface area contributed by atoms with E-state index in [4.69, 9.17) is 4.74 Å². The van der Waals surface area contributed by atoms with Gasteiger partial charge in [0.1, 0.15) is 0 Å². The number of hydrogen-bond acceptors (Lipinski definition) is 3. The van der Waals surface area contributed by atoms with Gasteiger partial charge in [0.15, 0.2) is 0 Å². The molecule has 3 nitrogen and oxygen atoms in total. The fraction of sp³-hybridized carbons (Fsp3) is 0.357. The molecule has 0 saturated carbocycles. The Kier molecular flexibility index (Phi) is 4.76. The topological polar surface area (TPSA) is 38.3 Å². The van der Waals surface area contributed by atoms with E-state index in [1.165, 1.54) is 5.56 Å². The molecule has 92 valence electrons. The first-order valence-electron chi connectivity index (χ1n) is 5.70. The number of aryl methyl sites for hydroxylation is 2. The van der Waals surface area contributed by atoms with Crippen LogP contribution in [0.5, 0.6) is 0 Å². The van der Waals surface area contributed by atoms with Crippen LogP contribution < -0.4 is 5.32 Å². The fourth-order valence-corrected chi connectivity index (χ4v) is 1.43. The first-order chi connectivity index (χ1) is 8.04. The van der Waals surface area contributed by atoms with Crippen LogP contribution in [0.3, 0.4) is 0 Å². The van der Waals surface area contributed by atoms with Crippen molar-refractivity contribution >= 4 is 11.7 Å². The maximum Gasteiger partial charge on any atom is 0.335 e. The molecule has 0 heterocycles. The maximum absolute atomic E-state index is 11.4. The van der Waals surface area contributed by atoms with Crippen LogP contribution in [-0.2, 0) is 9.53 Å². The van der Waals surface area contributed by atoms with E-state index in [1.807, 2.05) is 26.0 Å². The Bertz CT molecular complexity index is 424. The smallest absolute Gasteiger partial charge is 0.335 e. The van der Waals surface area contributed by atoms with E-state index in [2.05, 4.69) is 18.0 Å². The van der Waals surface area contributed by atoms with Gasteiger partial charge >= 0.3 is 5.97 Å². The van der Waals surface area contributed by atoms with Crippen molar-refractivity contribution < 1.29 is 9.53 Å². The van der Waals surface area contributed by atoms with Crippen LogP contribution in [0.2, 0.25) is 0 Å². The summed E-state index contributed by atoms with van der Waals surface area (Å²) in [5.74, 6) is -0.342. The molecule has 0 aromatic heterocycles. The molecule has 0 aliphatic carbocycles. The van der Waals surface area contributed by atoms with E-state index in [9.17, 15) is 4.79 Å². The number of carbonyl (C=O) groups excluding carboxylic acids is 1. The Balaban J connectivity index is 2.58. The Morgan fingerprint density at radius 1 is 1.41 bits per heavy atom. The van der Waals surface area contributed by atoms with Crippen molar-refractivity contribution in [3.05, 3.63) is 41.5 Å². The molecule has 0 spiro atoms. The maximum atomic E-state index is 11.4. The third-order valence-electron chi connectivity index (χ3n) is 2.45. The summed E-state index contributed by atoms with van der Waals surface area (Å²) in [4.78, 5) is 11.4. The predicted octanol–water partition coefficient (Wildman–Crippen LogP) is 2.83. The average molecular weight is 233 g/mol. The van der Waals surface area contributed by atoms with Gasteiger partial charge in [0, 0.05) is 17.8 Å². The zero-order valence-electron chi connectivity index (χ0n) is 10.7. The van der Waals surface area contributed by atoms with Gasteiger partial charge in [0.25, 0.3) is 0 Å². The van der Waals surface area contributed by atoms with Gasteiger partial charge in [-0.15, -0.1) is 0 Å². The van der Waals surface area contributed by atoms with Crippen molar-refractivity contribution in [2.45, 2.75) is 20.8 Å². The normalized spacial score (nSPS) is 9.82. The van der Waals surface area contributed by atoms with Crippen LogP contribution in [0.15, 0.2) is 30.4 Å². The van der Waals surface area contributed by atoms with E-state index in [0.717, 1.165) is 11.3 Å². The quantitative estimate of drug-likeness (QED) is 0.627. The third-order valence-corrected chi connectivity index (χ3v) is 2.45. The van der Waals surface area contributed by atoms with Crippen LogP contribution in [0, 0.1) is 13.8 Å². The molecule has 1 aromatic carbocycles. The highest BCUT2D eigenvalue weighted by atomic mass is 16.5. The zero-order valence-corrected chi connectivity index (χ0v) is 10.7. The van der Waals surface area contributed by atoms with Gasteiger partial charge in [-0.1, -0.05) is 18.7 Å². The first-order valence-corrected chi connectivity index (χ1v) is 5.70. The second-order valence-corrected chi connectivity index (χ2v) is 4.00. The van der Waals surface area contributed by atoms with Gasteiger partial charge in [0.05, 0.1) is 6.61 Å². The summed E-state index contributed by atoms with van der Waals surface area (Å²) in [6.45, 7) is 10.3. The Hall–Kier alpha value is -1.77. The molecule has 0 aliphatic rings. The molecule has 0 radical (unpaired) electrons. The Morgan fingerprint density at radius 3 is 2.76 bits per heavy atom. The zero-order chi connectivity index (χ0) is 12.8. The highest BCUT2D eigenvalue weighted by Crippen LogP contribution is 2.16. The van der Waals surface area contributed by atoms with Crippen LogP contribution >= 0.6 is 0 Å². The third kappa shape index (κ3) is 3.94. The fourth-order valence-electron chi connectivity index (χ4n) is 1.43. The van der Waals surface area contributed by atoms with Gasteiger partial charge in [-0.3, -0.25) is 0 Å². The Labute approximate surface area is 102 Å². The lowest BCUT2D eigenvalue weighted by Gasteiger charge is -2.11. The average Bonchev–Trinajstić information content (AvgIpc) is 2.30. The second kappa shape index (κ2) is 6.09. The minimum Gasteiger partial charge on any atom is -0.463 e. The number of anilines is 1. The molecule has 0 amide bonds. The monoisotopic (exact) mass is 233 g/mol. The molecular weight excluding hydrogens is 214 g/mol. The van der Waals surface area contributed by atoms with E-state index >= 15 is 0 Å². The number of carbonyl (C=O) groups is 1. The molecular formula is C14H19NO2. The summed E-state index contributed by atoms with van der Waals surface area (Å²) in [6.07, 6.45) is 0. The number of hydrogen-bond donors (Lipinski definition) is 1. The standard InChI is InChI=1S/C14H19NO2/c1-5-17-14(16)12(4)9-15-13-8-10(2)6-7-11(13)3/h6-8,15H,4-5,9H2,1-3H3. The summed E-state index contributed by atoms with van der Waals surface area (Å²) < 4.78 is 4.87. The summed E-state index contributed by atoms with van der Waals surface area (Å²) >= 11 is 0. The molecule has 1 N–H and O–H groups in total. The molecule has 0 atom stereocenters. The Morgan fingerprint density at radius 2 is 2.12 bits per heavy atom. The number of rotatable bonds is 5. The van der Waals surface area contributed by atoms with Crippen molar-refractivity contribution in [1.82, 2.24) is 0 Å². The van der Waals surface area contributed by atoms with E-state index in [0.29, 0.717) is 18.7 Å². The summed E-state index contributed by atoms with van der Waals surface area (Å²) in [5.41, 5.74) is 3.79. The number of ether oxygens (including phenoxy) is 1. The van der Waals surface area contributed by atoms with Crippen molar-refractivity contribution in [1.29, 1.82) is 0 Å². The summed E-state index contributed by atoms with van der Waals surface area (Å²) in [7, 11) is 0. The molecule has 0 fully saturated rings. The number of benzene rings is 1. The van der Waals surface area contributed by atoms with E-state index < -0.39 is 0 Å². The highest BCUT2D eigenvalue weighted by Gasteiger charge is 2.07. The van der Waals surface area contributed by atoms with Gasteiger partial charge in [-0.2, -0.15) is 0 Å². The highest BCUT2D eigenvalue weighted by molar-refractivity contribution is 5.88. The minimum atomic E-state index is -0.342. The molecule has 1 rings (SSSR count). The number of nitrogens with one attached hydrogen (secondary N) is 1. The van der Waals surface area contributed by atoms with Crippen molar-refractivity contribution in [3.63, 3.8) is 0 Å². The molecule has 3 heteroatoms. The largest absolute Gasteiger partial charge is 0.463 e. The van der Waals surface area contributed by atoms with Gasteiger partial charge in [0.2, 0.25) is 0 Å². The van der Waals surface area contributed by atoms with Crippen LogP contribution in [0.25, 0.3) is 0 Å². The molecule has 1 aromatic rings. The molecule has 0 bridgehead atoms. The summed E-state index contributed by atoms with van der Waals surface area (Å²) in [5, 5.41) is 3.19. The van der Waals surface area contributed by atoms with Gasteiger partial charge in [-0.05, 0) is 38.0 Å². The van der Waals surface area contributed by atoms with Crippen LogP contribution in [0.1, 0.15) is 18.1 Å². The molecule has 0 unspecified atom stereocenters. The SMILES string of the molecule is C=C(CNc1cc(C)ccc1C)C(=O)OCC. The lowest BCUT2D eigenvalue weighted by molar-refractivity contribution is -0.138. The van der Waals surface area contributed by atoms with Gasteiger partial charge in [-0.25, -0.2) is 4.79 Å². The lowest BCUT2D eigenvalue weighted by atomic mass is 10.1. The minimum absolute atomic E-state index is 0.342. The second-order valence-electron chi connectivity index (χ2n) is 4.00. The first kappa shape index (κ1) is 13.3. The lowest BCUT2D eigenvalue weighted by Crippen LogP contribution is -2.15. The van der Waals surface area contributed by atoms with Crippen molar-refractivity contribution in [3.8, 4) is 0 Å². The predicted molar refractivity (Wildman–Crippen MR) is 70.2 cm³/mol. The molecule has 0 saturated heterocycles. The molecule has 0 aliphatic heterocycles. The van der Waals surface area contributed by atoms with Crippen molar-refractivity contribution in [2.75, 3.05) is 18.5 Å². The molecule has 17 heavy (non-hydrogen) atoms. The van der Waals surface area contributed by atoms with E-state index in [1.54, 1.807) is 6.92 Å². The van der Waals surface area contributed by atoms with Crippen LogP contribution in [-0.4, -0.2) is 19.1 Å². The van der Waals surface area contributed by atoms with Crippen molar-refractivity contribution in [2.24, 2.45) is 0 Å². The summed E-state index contributed by atoms with van der Waals surface area (Å²) in [6, 6.07) is 6.15. The van der Waals surface area contributed by atoms with Crippen LogP contribution in [0.4, 0.5) is 5.69 Å². The van der Waals surface area contributed by atoms with Gasteiger partial charge < -0.3 is 10.1 Å². The van der Waals surface area contributed by atoms with E-state index in [-0.39, 0.29) is 5.97 Å².